The predicted octanol–water partition coefficient (Wildman–Crippen LogP) is 21.5. The normalized spacial score (nSPS) is 14.4. The van der Waals surface area contributed by atoms with Gasteiger partial charge in [0.1, 0.15) is 50.4 Å². The van der Waals surface area contributed by atoms with Crippen LogP contribution < -0.4 is 33.0 Å². The van der Waals surface area contributed by atoms with Gasteiger partial charge >= 0.3 is 17.9 Å². The van der Waals surface area contributed by atoms with Crippen LogP contribution in [0.15, 0.2) is 60.0 Å². The number of fused-ring (bicyclic) bond motifs is 1. The van der Waals surface area contributed by atoms with Crippen LogP contribution in [0, 0.1) is 31.3 Å². The third-order valence-electron chi connectivity index (χ3n) is 19.7. The van der Waals surface area contributed by atoms with Crippen molar-refractivity contribution in [3.8, 4) is 24.2 Å². The van der Waals surface area contributed by atoms with Gasteiger partial charge < -0.3 is 75.4 Å². The van der Waals surface area contributed by atoms with Gasteiger partial charge in [-0.1, -0.05) is 175 Å². The number of benzene rings is 1. The molecule has 1 aromatic carbocycles. The van der Waals surface area contributed by atoms with E-state index in [9.17, 15) is 32.4 Å². The number of hydrogen-bond acceptors (Lipinski definition) is 28. The number of carboxylic acids is 1. The summed E-state index contributed by atoms with van der Waals surface area (Å²) in [5.74, 6) is 7.98. The number of carbonyl (C=O) groups excluding carboxylic acids is 4. The summed E-state index contributed by atoms with van der Waals surface area (Å²) in [4.78, 5) is 91.1. The third-order valence-corrected chi connectivity index (χ3v) is 23.5. The highest BCUT2D eigenvalue weighted by Crippen LogP contribution is 2.43. The summed E-state index contributed by atoms with van der Waals surface area (Å²) in [6.45, 7) is 21.5. The molecule has 4 fully saturated rings. The molecule has 0 radical (unpaired) electrons. The number of carboxylic acid groups (broad SMARTS) is 1. The first-order chi connectivity index (χ1) is 56.9. The van der Waals surface area contributed by atoms with Gasteiger partial charge in [-0.05, 0) is 253 Å². The van der Waals surface area contributed by atoms with Gasteiger partial charge in [-0.25, -0.2) is 48.1 Å². The molecule has 11 N–H and O–H groups in total. The van der Waals surface area contributed by atoms with E-state index >= 15 is 0 Å². The number of methoxy groups -OCH3 is 2. The molecule has 39 heteroatoms. The average molecular weight is 2160 g/mol. The maximum Gasteiger partial charge on any atom is 0.331 e. The molecule has 0 unspecified atom stereocenters. The van der Waals surface area contributed by atoms with Gasteiger partial charge in [0.05, 0.1) is 43.1 Å². The molecule has 0 amide bonds. The Morgan fingerprint density at radius 3 is 1.36 bits per heavy atom. The number of aliphatic carboxylic acids is 1. The first-order valence-electron chi connectivity index (χ1n) is 39.6. The lowest BCUT2D eigenvalue weighted by molar-refractivity contribution is -0.148. The predicted molar refractivity (Wildman–Crippen MR) is 543 cm³/mol. The zero-order valence-corrected chi connectivity index (χ0v) is 79.2. The highest BCUT2D eigenvalue weighted by molar-refractivity contribution is 14.1. The molecule has 0 aliphatic heterocycles. The zero-order valence-electron chi connectivity index (χ0n) is 70.3. The molecule has 10 rings (SSSR count). The van der Waals surface area contributed by atoms with Gasteiger partial charge in [0.15, 0.2) is 12.1 Å². The number of terminal acetylenes is 1. The highest BCUT2D eigenvalue weighted by Gasteiger charge is 2.44. The lowest BCUT2D eigenvalue weighted by Gasteiger charge is -2.39. The van der Waals surface area contributed by atoms with Crippen molar-refractivity contribution in [2.45, 2.75) is 329 Å². The fourth-order valence-corrected chi connectivity index (χ4v) is 14.9. The van der Waals surface area contributed by atoms with Crippen molar-refractivity contribution in [3.05, 3.63) is 99.8 Å². The van der Waals surface area contributed by atoms with Gasteiger partial charge in [-0.2, -0.15) is 15.0 Å². The molecule has 31 nitrogen and oxygen atoms in total. The minimum absolute atomic E-state index is 0. The largest absolute Gasteiger partial charge is 0.480 e. The number of nitrogens with two attached hydrogens (primary N) is 4. The van der Waals surface area contributed by atoms with Crippen LogP contribution in [-0.2, 0) is 77.4 Å². The van der Waals surface area contributed by atoms with Gasteiger partial charge in [-0.3, -0.25) is 14.4 Å². The number of nitrogens with one attached hydrogen (secondary N) is 2. The number of primary sulfonamides is 1. The number of halogens is 7. The molecule has 4 saturated carbocycles. The first kappa shape index (κ1) is 136. The van der Waals surface area contributed by atoms with Crippen LogP contribution in [0.1, 0.15) is 295 Å². The number of esters is 2. The number of ketones is 2. The number of nitrogens with zero attached hydrogens (tertiary/aromatic N) is 9. The van der Waals surface area contributed by atoms with Crippen molar-refractivity contribution in [2.75, 3.05) is 70.2 Å². The van der Waals surface area contributed by atoms with Crippen LogP contribution in [0.2, 0.25) is 26.3 Å². The summed E-state index contributed by atoms with van der Waals surface area (Å²) in [7, 11) is -0.806. The smallest absolute Gasteiger partial charge is 0.331 e. The number of carbonyl (C=O) groups is 5. The Hall–Kier alpha value is -6.15. The molecule has 0 saturated heterocycles. The van der Waals surface area contributed by atoms with Crippen LogP contribution in [0.25, 0.3) is 11.0 Å². The van der Waals surface area contributed by atoms with Crippen LogP contribution in [0.5, 0.6) is 0 Å². The molecule has 4 aliphatic carbocycles. The van der Waals surface area contributed by atoms with E-state index in [0.29, 0.717) is 99.0 Å². The maximum atomic E-state index is 12.9. The number of aromatic nitrogens is 9. The molecule has 5 aromatic heterocycles. The fraction of sp³-hybridized carbons (Fsp3) is 0.633. The van der Waals surface area contributed by atoms with Crippen molar-refractivity contribution in [1.82, 2.24) is 44.4 Å². The standard InChI is InChI=1S/C19H26ClN3O3.C18H26ClN3O4.C12H15ClIN3O2.C8H15NO.C7H13NO2.C7H12O2.C6H8N2O2S.C4HCl2IN2.9CH4/c1-4-25-17(26-5-2)15-11-14-12-21-18(20)22-16(14)23(15)19(13(3)24)9-7-6-8-10-19;1-6-18(7-2,16(23)24-5)22-15-13(12-20-17(19)21-15)10-11-14(25-8-3)26-9-4;1-19-10(18)12(5-3-2-4-6-12)17-9-8(14)7-15-11(13)16-9;1-7(10)8(9)5-3-2-4-6-8;8-7(6(9)10)4-2-1-3-5-7;1-4-7(8-5-2)9-6-3;7-5-1-3-6(4-2-5)11(8,9)10;5-3-2(7)1-8-4(6)9-3;;;;;;;;;/h11-12,17H,4-10H2,1-3H3;12,14H,6-9H2,1-5H3,(H,20,21,22);7H,2-6H2,1H3,(H,15,16,17);2-6,9H2,1H3;1-5,8H2,(H,9,10);1,7H,5-6H2,2-3H3;1-4H,7H2,(H2,8,9,10);1H;9*1H4. The van der Waals surface area contributed by atoms with E-state index in [1.165, 1.54) is 51.1 Å². The Morgan fingerprint density at radius 2 is 0.969 bits per heavy atom. The molecule has 0 atom stereocenters. The van der Waals surface area contributed by atoms with E-state index in [-0.39, 0.29) is 116 Å². The second-order valence-corrected chi connectivity index (χ2v) is 33.3. The molecular formula is C90H152Cl5I2N15O16S. The second kappa shape index (κ2) is 69.6. The Bertz CT molecular complexity index is 4360. The topological polar surface area (TPSA) is 450 Å². The number of hydrogen-bond donors (Lipinski definition) is 7. The number of anilines is 3. The Balaban J connectivity index is -0.000000271. The van der Waals surface area contributed by atoms with E-state index in [1.54, 1.807) is 32.4 Å². The molecule has 0 spiro atoms. The molecule has 0 bridgehead atoms. The number of Topliss-reactive ketones (excluding diaryl/α,β-unsaturated/α-hetero) is 2. The lowest BCUT2D eigenvalue weighted by Crippen LogP contribution is -2.49. The minimum atomic E-state index is -3.58. The van der Waals surface area contributed by atoms with E-state index in [4.69, 9.17) is 130 Å². The summed E-state index contributed by atoms with van der Waals surface area (Å²) >= 11 is 32.9. The number of rotatable bonds is 26. The molecule has 6 aromatic rings. The molecule has 129 heavy (non-hydrogen) atoms. The van der Waals surface area contributed by atoms with Gasteiger partial charge in [0.25, 0.3) is 0 Å². The Kier molecular flexibility index (Phi) is 73.4. The Labute approximate surface area is 823 Å². The SMILES string of the molecule is C.C.C.C.C.C.C.C.C.C#CC(OCC)OCC.CC(=O)C1(N)CCCCC1.CCOC(C#Cc1cnc(Cl)nc1NC(CC)(CC)C(=O)OC)OCC.CCOC(OCC)c1cc2cnc(Cl)nc2n1C1(C(C)=O)CCCCC1.COC(=O)C1(Nc2nc(Cl)ncc2I)CCCCC1.Clc1ncc(I)c(Cl)n1.NC1(C(=O)O)CCCCC1.Nc1ccc(S(N)(=O)=O)cc1. The number of sulfonamides is 1. The van der Waals surface area contributed by atoms with Crippen molar-refractivity contribution >= 4 is 171 Å². The number of nitrogen functional groups attached to an aromatic ring is 1. The summed E-state index contributed by atoms with van der Waals surface area (Å²) < 4.78 is 67.4. The zero-order chi connectivity index (χ0) is 89.9. The highest BCUT2D eigenvalue weighted by atomic mass is 127. The summed E-state index contributed by atoms with van der Waals surface area (Å²) in [6.07, 6.45) is 29.7. The Morgan fingerprint density at radius 1 is 0.558 bits per heavy atom. The van der Waals surface area contributed by atoms with E-state index in [2.05, 4.69) is 90.9 Å². The van der Waals surface area contributed by atoms with Crippen LogP contribution in [0.4, 0.5) is 17.3 Å². The average Bonchev–Trinajstić information content (AvgIpc) is 1.60. The minimum Gasteiger partial charge on any atom is -0.480 e. The van der Waals surface area contributed by atoms with Crippen LogP contribution in [0.3, 0.4) is 0 Å². The number of ether oxygens (including phenoxy) is 8. The van der Waals surface area contributed by atoms with Crippen molar-refractivity contribution in [3.63, 3.8) is 0 Å². The van der Waals surface area contributed by atoms with Crippen molar-refractivity contribution in [1.29, 1.82) is 0 Å². The summed E-state index contributed by atoms with van der Waals surface area (Å²) in [6, 6.07) is 7.66. The summed E-state index contributed by atoms with van der Waals surface area (Å²) in [5, 5.41) is 21.7. The lowest BCUT2D eigenvalue weighted by atomic mass is 9.78. The quantitative estimate of drug-likeness (QED) is 0.00504. The first-order valence-corrected chi connectivity index (χ1v) is 45.2. The fourth-order valence-electron chi connectivity index (χ4n) is 13.1. The maximum absolute atomic E-state index is 12.9. The summed E-state index contributed by atoms with van der Waals surface area (Å²) in [5.41, 5.74) is 15.6. The molecule has 4 aliphatic rings. The van der Waals surface area contributed by atoms with E-state index < -0.39 is 62.6 Å². The van der Waals surface area contributed by atoms with Gasteiger partial charge in [0.2, 0.25) is 43.7 Å². The van der Waals surface area contributed by atoms with Crippen LogP contribution >= 0.6 is 103 Å². The molecule has 5 heterocycles. The van der Waals surface area contributed by atoms with Crippen molar-refractivity contribution < 1.29 is 75.4 Å². The van der Waals surface area contributed by atoms with Gasteiger partial charge in [-0.15, -0.1) is 6.42 Å². The monoisotopic (exact) mass is 2160 g/mol. The third kappa shape index (κ3) is 44.3. The van der Waals surface area contributed by atoms with Crippen LogP contribution in [-0.4, -0.2) is 176 Å². The molecular weight excluding hydrogens is 2010 g/mol. The van der Waals surface area contributed by atoms with Crippen molar-refractivity contribution in [2.24, 2.45) is 16.6 Å². The van der Waals surface area contributed by atoms with E-state index in [0.717, 1.165) is 127 Å². The van der Waals surface area contributed by atoms with Gasteiger partial charge in [0, 0.05) is 75.5 Å². The second-order valence-electron chi connectivity index (χ2n) is 27.7. The molecule has 738 valence electrons. The van der Waals surface area contributed by atoms with E-state index in [1.807, 2.05) is 88.6 Å².